The zero-order valence-corrected chi connectivity index (χ0v) is 17.5. The maximum absolute atomic E-state index is 13.9. The van der Waals surface area contributed by atoms with Crippen molar-refractivity contribution in [2.45, 2.75) is 43.7 Å². The van der Waals surface area contributed by atoms with Crippen molar-refractivity contribution in [3.05, 3.63) is 60.2 Å². The molecule has 5 nitrogen and oxygen atoms in total. The number of rotatable bonds is 4. The number of para-hydroxylation sites is 2. The Kier molecular flexibility index (Phi) is 4.70. The summed E-state index contributed by atoms with van der Waals surface area (Å²) in [7, 11) is -2.64. The van der Waals surface area contributed by atoms with E-state index in [-0.39, 0.29) is 30.1 Å². The Balaban J connectivity index is 1.89. The largest absolute Gasteiger partial charge is 0.432 e. The first-order valence-corrected chi connectivity index (χ1v) is 12.8. The van der Waals surface area contributed by atoms with Gasteiger partial charge in [0.2, 0.25) is 0 Å². The van der Waals surface area contributed by atoms with Crippen LogP contribution in [0.25, 0.3) is 0 Å². The fourth-order valence-electron chi connectivity index (χ4n) is 5.19. The van der Waals surface area contributed by atoms with E-state index in [9.17, 15) is 14.7 Å². The number of aliphatic hydroxyl groups is 1. The van der Waals surface area contributed by atoms with E-state index >= 15 is 0 Å². The van der Waals surface area contributed by atoms with E-state index in [0.29, 0.717) is 6.42 Å². The molecule has 0 saturated carbocycles. The fourth-order valence-corrected chi connectivity index (χ4v) is 7.79. The zero-order chi connectivity index (χ0) is 20.1. The number of hydrogen-bond acceptors (Lipinski definition) is 4. The average Bonchev–Trinajstić information content (AvgIpc) is 3.09. The van der Waals surface area contributed by atoms with Gasteiger partial charge in [-0.1, -0.05) is 43.3 Å². The van der Waals surface area contributed by atoms with Crippen molar-refractivity contribution < 1.29 is 19.4 Å². The second-order valence-corrected chi connectivity index (χ2v) is 12.3. The summed E-state index contributed by atoms with van der Waals surface area (Å²) in [6.07, 6.45) is 0.0635. The molecule has 4 rings (SSSR count). The lowest BCUT2D eigenvalue weighted by molar-refractivity contribution is -0.145. The summed E-state index contributed by atoms with van der Waals surface area (Å²) < 4.78 is 6.52. The van der Waals surface area contributed by atoms with Gasteiger partial charge in [-0.15, -0.1) is 0 Å². The van der Waals surface area contributed by atoms with Crippen molar-refractivity contribution >= 4 is 25.6 Å². The average molecular weight is 398 g/mol. The van der Waals surface area contributed by atoms with Gasteiger partial charge in [-0.2, -0.15) is 0 Å². The Labute approximate surface area is 166 Å². The number of carbonyl (C=O) groups is 1. The molecule has 0 aromatic heterocycles. The first-order valence-electron chi connectivity index (χ1n) is 9.82. The van der Waals surface area contributed by atoms with Crippen LogP contribution in [0.5, 0.6) is 0 Å². The van der Waals surface area contributed by atoms with Crippen molar-refractivity contribution in [3.8, 4) is 0 Å². The van der Waals surface area contributed by atoms with Crippen LogP contribution >= 0.6 is 0 Å². The predicted octanol–water partition coefficient (Wildman–Crippen LogP) is 3.55. The normalized spacial score (nSPS) is 29.5. The number of carbonyl (C=O) groups excluding carboxylic acids is 1. The highest BCUT2D eigenvalue weighted by atomic mass is 28.4. The van der Waals surface area contributed by atoms with Gasteiger partial charge in [0.15, 0.2) is 13.9 Å². The van der Waals surface area contributed by atoms with Crippen LogP contribution in [0.2, 0.25) is 18.6 Å². The van der Waals surface area contributed by atoms with Crippen molar-refractivity contribution in [1.82, 2.24) is 0 Å². The molecule has 2 aromatic rings. The molecule has 0 aliphatic carbocycles. The molecular weight excluding hydrogens is 370 g/mol. The Morgan fingerprint density at radius 1 is 1.11 bits per heavy atom. The number of ether oxygens (including phenoxy) is 1. The molecule has 2 aliphatic heterocycles. The number of amides is 1. The van der Waals surface area contributed by atoms with Gasteiger partial charge >= 0.3 is 0 Å². The molecule has 148 valence electrons. The maximum Gasteiger partial charge on any atom is 0.268 e. The Bertz CT molecular complexity index is 882. The minimum atomic E-state index is -2.64. The summed E-state index contributed by atoms with van der Waals surface area (Å²) in [5.41, 5.74) is 1.19. The lowest BCUT2D eigenvalue weighted by atomic mass is 9.82. The van der Waals surface area contributed by atoms with Gasteiger partial charge in [-0.25, -0.2) is 0 Å². The number of fused-ring (bicyclic) bond motifs is 2. The smallest absolute Gasteiger partial charge is 0.268 e. The van der Waals surface area contributed by atoms with Crippen LogP contribution in [0.4, 0.5) is 11.4 Å². The van der Waals surface area contributed by atoms with Gasteiger partial charge in [0.25, 0.3) is 5.91 Å². The standard InChI is InChI=1S/C22H27NO4Si/c1-15-20(28(2,3)26)19(13-14-24)27-22(15)17-11-7-8-12-18(17)23(21(22)25)16-9-5-4-6-10-16/h4-12,15,19-20,24,26H,13-14H2,1-3H3/t15-,19+,20-,22+/m0/s1. The number of nitrogens with zero attached hydrogens (tertiary/aromatic N) is 1. The monoisotopic (exact) mass is 397 g/mol. The third-order valence-electron chi connectivity index (χ3n) is 6.23. The molecule has 1 saturated heterocycles. The molecule has 2 heterocycles. The minimum Gasteiger partial charge on any atom is -0.432 e. The first kappa shape index (κ1) is 19.3. The highest BCUT2D eigenvalue weighted by Gasteiger charge is 2.66. The lowest BCUT2D eigenvalue weighted by Gasteiger charge is -2.32. The van der Waals surface area contributed by atoms with Crippen molar-refractivity contribution in [1.29, 1.82) is 0 Å². The molecule has 0 bridgehead atoms. The van der Waals surface area contributed by atoms with Crippen molar-refractivity contribution in [2.24, 2.45) is 5.92 Å². The van der Waals surface area contributed by atoms with Gasteiger partial charge in [-0.05, 0) is 37.7 Å². The summed E-state index contributed by atoms with van der Waals surface area (Å²) in [4.78, 5) is 26.6. The third-order valence-corrected chi connectivity index (χ3v) is 8.73. The van der Waals surface area contributed by atoms with Gasteiger partial charge in [0, 0.05) is 29.3 Å². The molecule has 6 heteroatoms. The number of hydrogen-bond donors (Lipinski definition) is 2. The van der Waals surface area contributed by atoms with Crippen LogP contribution in [-0.2, 0) is 15.1 Å². The lowest BCUT2D eigenvalue weighted by Crippen LogP contribution is -2.45. The summed E-state index contributed by atoms with van der Waals surface area (Å²) >= 11 is 0. The summed E-state index contributed by atoms with van der Waals surface area (Å²) in [5.74, 6) is -0.311. The van der Waals surface area contributed by atoms with E-state index in [1.165, 1.54) is 0 Å². The number of benzene rings is 2. The van der Waals surface area contributed by atoms with Crippen molar-refractivity contribution in [2.75, 3.05) is 11.5 Å². The van der Waals surface area contributed by atoms with E-state index < -0.39 is 13.9 Å². The molecule has 2 N–H and O–H groups in total. The first-order chi connectivity index (χ1) is 13.3. The van der Waals surface area contributed by atoms with Gasteiger partial charge < -0.3 is 14.6 Å². The molecule has 4 atom stereocenters. The number of aliphatic hydroxyl groups excluding tert-OH is 1. The summed E-state index contributed by atoms with van der Waals surface area (Å²) in [6.45, 7) is 5.76. The Hall–Kier alpha value is -1.99. The van der Waals surface area contributed by atoms with E-state index in [4.69, 9.17) is 4.74 Å². The second-order valence-electron chi connectivity index (χ2n) is 8.37. The highest BCUT2D eigenvalue weighted by molar-refractivity contribution is 6.71. The number of anilines is 2. The SMILES string of the molecule is C[C@H]1[C@H]([Si](C)(C)O)[C@@H](CCO)O[C@]12C(=O)N(c1ccccc1)c1ccccc12. The fraction of sp³-hybridized carbons (Fsp3) is 0.409. The molecule has 0 radical (unpaired) electrons. The molecule has 1 amide bonds. The van der Waals surface area contributed by atoms with E-state index in [0.717, 1.165) is 16.9 Å². The van der Waals surface area contributed by atoms with Crippen LogP contribution < -0.4 is 4.90 Å². The zero-order valence-electron chi connectivity index (χ0n) is 16.5. The Morgan fingerprint density at radius 3 is 2.39 bits per heavy atom. The van der Waals surface area contributed by atoms with Crippen molar-refractivity contribution in [3.63, 3.8) is 0 Å². The second kappa shape index (κ2) is 6.81. The molecular formula is C22H27NO4Si. The molecule has 28 heavy (non-hydrogen) atoms. The molecule has 1 spiro atoms. The van der Waals surface area contributed by atoms with Gasteiger partial charge in [-0.3, -0.25) is 9.69 Å². The van der Waals surface area contributed by atoms with E-state index in [1.54, 1.807) is 4.90 Å². The van der Waals surface area contributed by atoms with Gasteiger partial charge in [0.1, 0.15) is 0 Å². The highest BCUT2D eigenvalue weighted by Crippen LogP contribution is 2.60. The van der Waals surface area contributed by atoms with E-state index in [1.807, 2.05) is 74.6 Å². The van der Waals surface area contributed by atoms with Gasteiger partial charge in [0.05, 0.1) is 11.8 Å². The summed E-state index contributed by atoms with van der Waals surface area (Å²) in [5, 5.41) is 9.58. The van der Waals surface area contributed by atoms with Crippen LogP contribution in [0.3, 0.4) is 0 Å². The van der Waals surface area contributed by atoms with Crippen LogP contribution in [0.15, 0.2) is 54.6 Å². The molecule has 2 aromatic carbocycles. The third kappa shape index (κ3) is 2.67. The maximum atomic E-state index is 13.9. The van der Waals surface area contributed by atoms with E-state index in [2.05, 4.69) is 0 Å². The summed E-state index contributed by atoms with van der Waals surface area (Å²) in [6, 6.07) is 17.3. The molecule has 0 unspecified atom stereocenters. The van der Waals surface area contributed by atoms with Crippen LogP contribution in [0, 0.1) is 5.92 Å². The molecule has 2 aliphatic rings. The predicted molar refractivity (Wildman–Crippen MR) is 111 cm³/mol. The molecule has 1 fully saturated rings. The van der Waals surface area contributed by atoms with Crippen LogP contribution in [-0.4, -0.2) is 36.8 Å². The Morgan fingerprint density at radius 2 is 1.75 bits per heavy atom. The topological polar surface area (TPSA) is 70.0 Å². The van der Waals surface area contributed by atoms with Crippen LogP contribution in [0.1, 0.15) is 18.9 Å². The quantitative estimate of drug-likeness (QED) is 0.774. The minimum absolute atomic E-state index is 0.0350.